The molecule has 9 nitrogen and oxygen atoms in total. The van der Waals surface area contributed by atoms with E-state index in [0.29, 0.717) is 47.1 Å². The van der Waals surface area contributed by atoms with E-state index in [1.54, 1.807) is 12.3 Å². The number of benzene rings is 1. The van der Waals surface area contributed by atoms with Gasteiger partial charge in [-0.1, -0.05) is 0 Å². The molecule has 10 heteroatoms. The molecule has 1 amide bonds. The van der Waals surface area contributed by atoms with Gasteiger partial charge in [-0.3, -0.25) is 9.89 Å². The van der Waals surface area contributed by atoms with Crippen LogP contribution in [0.3, 0.4) is 0 Å². The van der Waals surface area contributed by atoms with E-state index >= 15 is 0 Å². The zero-order valence-electron chi connectivity index (χ0n) is 17.0. The van der Waals surface area contributed by atoms with Crippen molar-refractivity contribution in [3.63, 3.8) is 0 Å². The Kier molecular flexibility index (Phi) is 4.85. The molecule has 0 unspecified atom stereocenters. The third kappa shape index (κ3) is 3.63. The maximum atomic E-state index is 14.8. The first-order valence-corrected chi connectivity index (χ1v) is 10.3. The minimum absolute atomic E-state index is 0.101. The Morgan fingerprint density at radius 1 is 1.16 bits per heavy atom. The van der Waals surface area contributed by atoms with Gasteiger partial charge in [0, 0.05) is 11.6 Å². The van der Waals surface area contributed by atoms with Crippen LogP contribution in [0.1, 0.15) is 31.2 Å². The molecule has 0 radical (unpaired) electrons. The van der Waals surface area contributed by atoms with Crippen LogP contribution in [0, 0.1) is 12.7 Å². The van der Waals surface area contributed by atoms with Crippen LogP contribution in [0.5, 0.6) is 0 Å². The van der Waals surface area contributed by atoms with Gasteiger partial charge in [-0.2, -0.15) is 5.10 Å². The lowest BCUT2D eigenvalue weighted by atomic mass is 9.91. The van der Waals surface area contributed by atoms with Crippen LogP contribution in [-0.4, -0.2) is 54.9 Å². The number of aliphatic hydroxyl groups is 1. The maximum Gasteiger partial charge on any atom is 0.245 e. The quantitative estimate of drug-likeness (QED) is 0.592. The van der Waals surface area contributed by atoms with Crippen LogP contribution in [0.25, 0.3) is 22.6 Å². The molecule has 3 heterocycles. The molecule has 1 saturated carbocycles. The summed E-state index contributed by atoms with van der Waals surface area (Å²) in [7, 11) is 0. The Hall–Kier alpha value is -3.40. The Morgan fingerprint density at radius 3 is 2.71 bits per heavy atom. The van der Waals surface area contributed by atoms with E-state index in [-0.39, 0.29) is 24.6 Å². The molecule has 1 aliphatic carbocycles. The van der Waals surface area contributed by atoms with Crippen LogP contribution in [0.4, 0.5) is 16.0 Å². The number of halogens is 1. The third-order valence-electron chi connectivity index (χ3n) is 5.97. The van der Waals surface area contributed by atoms with Crippen molar-refractivity contribution in [1.82, 2.24) is 25.1 Å². The van der Waals surface area contributed by atoms with E-state index in [2.05, 4.69) is 25.5 Å². The van der Waals surface area contributed by atoms with E-state index in [0.717, 1.165) is 18.4 Å². The lowest BCUT2D eigenvalue weighted by Crippen LogP contribution is -2.47. The number of carbonyl (C=O) groups is 1. The number of fused-ring (bicyclic) bond motifs is 1. The molecule has 2 aliphatic rings. The predicted molar refractivity (Wildman–Crippen MR) is 112 cm³/mol. The lowest BCUT2D eigenvalue weighted by Gasteiger charge is -2.38. The van der Waals surface area contributed by atoms with Gasteiger partial charge in [-0.05, 0) is 50.3 Å². The zero-order valence-corrected chi connectivity index (χ0v) is 17.0. The number of hydrogen-bond acceptors (Lipinski definition) is 7. The predicted octanol–water partition coefficient (Wildman–Crippen LogP) is 2.44. The summed E-state index contributed by atoms with van der Waals surface area (Å²) in [4.78, 5) is 27.4. The fourth-order valence-electron chi connectivity index (χ4n) is 4.34. The molecule has 0 bridgehead atoms. The molecule has 0 spiro atoms. The Morgan fingerprint density at radius 2 is 1.97 bits per heavy atom. The SMILES string of the molecule is Cc1cc(-c2ncn[nH]2)c(F)cc1-c1cnc2c(n1)N(C1CCC(O)CC1)CC(=O)N2. The lowest BCUT2D eigenvalue weighted by molar-refractivity contribution is -0.115. The number of H-pyrrole nitrogens is 1. The van der Waals surface area contributed by atoms with Crippen molar-refractivity contribution in [3.05, 3.63) is 36.0 Å². The summed E-state index contributed by atoms with van der Waals surface area (Å²) in [5.41, 5.74) is 2.29. The highest BCUT2D eigenvalue weighted by Gasteiger charge is 2.33. The number of hydrogen-bond donors (Lipinski definition) is 3. The van der Waals surface area contributed by atoms with Crippen molar-refractivity contribution in [3.8, 4) is 22.6 Å². The van der Waals surface area contributed by atoms with E-state index in [9.17, 15) is 14.3 Å². The summed E-state index contributed by atoms with van der Waals surface area (Å²) in [5.74, 6) is 0.764. The number of nitrogens with one attached hydrogen (secondary N) is 2. The van der Waals surface area contributed by atoms with E-state index in [1.165, 1.54) is 12.4 Å². The average Bonchev–Trinajstić information content (AvgIpc) is 3.29. The summed E-state index contributed by atoms with van der Waals surface area (Å²) in [6, 6.07) is 3.23. The highest BCUT2D eigenvalue weighted by atomic mass is 19.1. The number of aliphatic hydroxyl groups excluding tert-OH is 1. The van der Waals surface area contributed by atoms with E-state index in [4.69, 9.17) is 4.98 Å². The Labute approximate surface area is 177 Å². The molecule has 0 saturated heterocycles. The molecular formula is C21H22FN7O2. The molecule has 2 aromatic heterocycles. The number of anilines is 2. The fourth-order valence-corrected chi connectivity index (χ4v) is 4.34. The molecule has 1 aromatic carbocycles. The van der Waals surface area contributed by atoms with Gasteiger partial charge in [0.2, 0.25) is 5.91 Å². The Bertz CT molecular complexity index is 1130. The first-order valence-electron chi connectivity index (χ1n) is 10.3. The minimum Gasteiger partial charge on any atom is -0.393 e. The second-order valence-electron chi connectivity index (χ2n) is 8.05. The number of amides is 1. The van der Waals surface area contributed by atoms with Crippen LogP contribution in [0.2, 0.25) is 0 Å². The summed E-state index contributed by atoms with van der Waals surface area (Å²) < 4.78 is 14.8. The number of nitrogens with zero attached hydrogens (tertiary/aromatic N) is 5. The monoisotopic (exact) mass is 423 g/mol. The summed E-state index contributed by atoms with van der Waals surface area (Å²) in [6.45, 7) is 2.06. The summed E-state index contributed by atoms with van der Waals surface area (Å²) in [5, 5.41) is 19.1. The zero-order chi connectivity index (χ0) is 21.5. The van der Waals surface area contributed by atoms with Crippen LogP contribution in [-0.2, 0) is 4.79 Å². The Balaban J connectivity index is 1.53. The number of aromatic amines is 1. The summed E-state index contributed by atoms with van der Waals surface area (Å²) >= 11 is 0. The topological polar surface area (TPSA) is 120 Å². The highest BCUT2D eigenvalue weighted by Crippen LogP contribution is 2.35. The average molecular weight is 423 g/mol. The van der Waals surface area contributed by atoms with Gasteiger partial charge in [0.25, 0.3) is 0 Å². The van der Waals surface area contributed by atoms with E-state index < -0.39 is 5.82 Å². The molecule has 3 aromatic rings. The molecule has 0 atom stereocenters. The second-order valence-corrected chi connectivity index (χ2v) is 8.05. The molecule has 1 fully saturated rings. The smallest absolute Gasteiger partial charge is 0.245 e. The normalized spacial score (nSPS) is 21.0. The number of aromatic nitrogens is 5. The first-order chi connectivity index (χ1) is 15.0. The van der Waals surface area contributed by atoms with Crippen LogP contribution >= 0.6 is 0 Å². The van der Waals surface area contributed by atoms with Crippen molar-refractivity contribution in [2.24, 2.45) is 0 Å². The first kappa shape index (κ1) is 19.6. The van der Waals surface area contributed by atoms with Gasteiger partial charge in [-0.25, -0.2) is 19.3 Å². The van der Waals surface area contributed by atoms with Crippen molar-refractivity contribution in [2.45, 2.75) is 44.8 Å². The fraction of sp³-hybridized carbons (Fsp3) is 0.381. The van der Waals surface area contributed by atoms with Gasteiger partial charge in [0.1, 0.15) is 12.1 Å². The second kappa shape index (κ2) is 7.69. The van der Waals surface area contributed by atoms with Gasteiger partial charge >= 0.3 is 0 Å². The number of carbonyl (C=O) groups excluding carboxylic acids is 1. The largest absolute Gasteiger partial charge is 0.393 e. The third-order valence-corrected chi connectivity index (χ3v) is 5.97. The van der Waals surface area contributed by atoms with Gasteiger partial charge in [-0.15, -0.1) is 0 Å². The van der Waals surface area contributed by atoms with Crippen molar-refractivity contribution in [2.75, 3.05) is 16.8 Å². The van der Waals surface area contributed by atoms with Gasteiger partial charge in [0.05, 0.1) is 30.1 Å². The molecule has 31 heavy (non-hydrogen) atoms. The van der Waals surface area contributed by atoms with Crippen molar-refractivity contribution >= 4 is 17.5 Å². The number of rotatable bonds is 3. The van der Waals surface area contributed by atoms with Gasteiger partial charge < -0.3 is 15.3 Å². The standard InChI is InChI=1S/C21H22FN7O2/c1-11-6-15(19-24-10-25-28-19)16(22)7-14(11)17-8-23-20-21(26-17)29(9-18(31)27-20)12-2-4-13(30)5-3-12/h6-8,10,12-13,30H,2-5,9H2,1H3,(H,23,27,31)(H,24,25,28). The summed E-state index contributed by atoms with van der Waals surface area (Å²) in [6.07, 6.45) is 5.53. The molecule has 160 valence electrons. The maximum absolute atomic E-state index is 14.8. The van der Waals surface area contributed by atoms with Gasteiger partial charge in [0.15, 0.2) is 17.5 Å². The highest BCUT2D eigenvalue weighted by molar-refractivity contribution is 5.99. The molecule has 3 N–H and O–H groups in total. The van der Waals surface area contributed by atoms with Crippen molar-refractivity contribution in [1.29, 1.82) is 0 Å². The number of aryl methyl sites for hydroxylation is 1. The molecule has 5 rings (SSSR count). The van der Waals surface area contributed by atoms with Crippen LogP contribution in [0.15, 0.2) is 24.7 Å². The van der Waals surface area contributed by atoms with Crippen molar-refractivity contribution < 1.29 is 14.3 Å². The van der Waals surface area contributed by atoms with E-state index in [1.807, 2.05) is 11.8 Å². The molecular weight excluding hydrogens is 401 g/mol. The minimum atomic E-state index is -0.441. The van der Waals surface area contributed by atoms with Crippen LogP contribution < -0.4 is 10.2 Å². The molecule has 1 aliphatic heterocycles.